The van der Waals surface area contributed by atoms with E-state index in [1.54, 1.807) is 43.8 Å². The number of hydrogen-bond donors (Lipinski definition) is 3. The Kier molecular flexibility index (Phi) is 7.56. The Morgan fingerprint density at radius 2 is 1.84 bits per heavy atom. The van der Waals surface area contributed by atoms with Gasteiger partial charge >= 0.3 is 5.97 Å². The molecule has 3 N–H and O–H groups in total. The predicted octanol–water partition coefficient (Wildman–Crippen LogP) is 3.51. The highest BCUT2D eigenvalue weighted by atomic mass is 16.5. The Balaban J connectivity index is 2.03. The molecule has 0 radical (unpaired) electrons. The third-order valence-corrected chi connectivity index (χ3v) is 4.90. The number of pyridine rings is 1. The van der Waals surface area contributed by atoms with Gasteiger partial charge in [-0.1, -0.05) is 13.8 Å². The number of nitrogens with one attached hydrogen (secondary N) is 2. The van der Waals surface area contributed by atoms with E-state index < -0.39 is 5.97 Å². The standard InChI is InChI=1S/C23H27N5O4/c1-14(2)19(13-29)27-23-26-17(15-7-9-24-10-8-15)12-21(28-23)25-18-11-16(22(30)32-4)5-6-20(18)31-3/h5-12,14,19,29H,13H2,1-4H3,(H2,25,26,27,28)/t19-/m0/s1. The van der Waals surface area contributed by atoms with Crippen LogP contribution in [0, 0.1) is 5.92 Å². The number of carbonyl (C=O) groups excluding carboxylic acids is 1. The van der Waals surface area contributed by atoms with E-state index >= 15 is 0 Å². The van der Waals surface area contributed by atoms with Crippen LogP contribution in [0.15, 0.2) is 48.8 Å². The zero-order valence-corrected chi connectivity index (χ0v) is 18.5. The van der Waals surface area contributed by atoms with E-state index in [-0.39, 0.29) is 18.6 Å². The second-order valence-electron chi connectivity index (χ2n) is 7.41. The monoisotopic (exact) mass is 437 g/mol. The molecule has 32 heavy (non-hydrogen) atoms. The number of anilines is 3. The average molecular weight is 438 g/mol. The van der Waals surface area contributed by atoms with Crippen LogP contribution in [0.2, 0.25) is 0 Å². The van der Waals surface area contributed by atoms with E-state index in [1.807, 2.05) is 26.0 Å². The lowest BCUT2D eigenvalue weighted by Crippen LogP contribution is -2.30. The highest BCUT2D eigenvalue weighted by molar-refractivity contribution is 5.91. The summed E-state index contributed by atoms with van der Waals surface area (Å²) in [5.41, 5.74) is 2.44. The summed E-state index contributed by atoms with van der Waals surface area (Å²) in [6, 6.07) is 10.2. The third-order valence-electron chi connectivity index (χ3n) is 4.90. The maximum atomic E-state index is 12.0. The molecule has 9 heteroatoms. The van der Waals surface area contributed by atoms with Crippen molar-refractivity contribution in [2.75, 3.05) is 31.5 Å². The van der Waals surface area contributed by atoms with E-state index in [4.69, 9.17) is 9.47 Å². The molecule has 2 heterocycles. The summed E-state index contributed by atoms with van der Waals surface area (Å²) >= 11 is 0. The van der Waals surface area contributed by atoms with Gasteiger partial charge in [0.1, 0.15) is 11.6 Å². The molecule has 2 aromatic heterocycles. The molecule has 9 nitrogen and oxygen atoms in total. The highest BCUT2D eigenvalue weighted by Gasteiger charge is 2.16. The number of nitrogens with zero attached hydrogens (tertiary/aromatic N) is 3. The van der Waals surface area contributed by atoms with Gasteiger partial charge in [-0.3, -0.25) is 4.98 Å². The summed E-state index contributed by atoms with van der Waals surface area (Å²) in [5, 5.41) is 16.1. The molecule has 3 rings (SSSR count). The fourth-order valence-electron chi connectivity index (χ4n) is 3.02. The first-order chi connectivity index (χ1) is 15.4. The molecule has 0 bridgehead atoms. The number of ether oxygens (including phenoxy) is 2. The number of hydrogen-bond acceptors (Lipinski definition) is 9. The Bertz CT molecular complexity index is 1060. The van der Waals surface area contributed by atoms with Crippen LogP contribution in [0.25, 0.3) is 11.3 Å². The Morgan fingerprint density at radius 1 is 1.09 bits per heavy atom. The molecule has 0 spiro atoms. The van der Waals surface area contributed by atoms with Gasteiger partial charge in [0.2, 0.25) is 5.95 Å². The number of benzene rings is 1. The minimum Gasteiger partial charge on any atom is -0.495 e. The molecule has 3 aromatic rings. The summed E-state index contributed by atoms with van der Waals surface area (Å²) in [6.45, 7) is 3.95. The van der Waals surface area contributed by atoms with Crippen LogP contribution in [0.5, 0.6) is 5.75 Å². The van der Waals surface area contributed by atoms with Crippen molar-refractivity contribution in [3.05, 3.63) is 54.4 Å². The molecule has 1 atom stereocenters. The number of esters is 1. The zero-order chi connectivity index (χ0) is 23.1. The van der Waals surface area contributed by atoms with E-state index in [0.717, 1.165) is 5.56 Å². The maximum absolute atomic E-state index is 12.0. The molecule has 0 unspecified atom stereocenters. The predicted molar refractivity (Wildman–Crippen MR) is 122 cm³/mol. The Morgan fingerprint density at radius 3 is 2.47 bits per heavy atom. The number of rotatable bonds is 9. The van der Waals surface area contributed by atoms with Gasteiger partial charge in [-0.2, -0.15) is 4.98 Å². The summed E-state index contributed by atoms with van der Waals surface area (Å²) < 4.78 is 10.2. The quantitative estimate of drug-likeness (QED) is 0.432. The maximum Gasteiger partial charge on any atom is 0.337 e. The van der Waals surface area contributed by atoms with Crippen molar-refractivity contribution in [1.82, 2.24) is 15.0 Å². The second-order valence-corrected chi connectivity index (χ2v) is 7.41. The number of aliphatic hydroxyl groups excluding tert-OH is 1. The first-order valence-electron chi connectivity index (χ1n) is 10.2. The molecule has 168 valence electrons. The fourth-order valence-corrected chi connectivity index (χ4v) is 3.02. The molecular formula is C23H27N5O4. The number of carbonyl (C=O) groups is 1. The normalized spacial score (nSPS) is 11.7. The Hall–Kier alpha value is -3.72. The van der Waals surface area contributed by atoms with Gasteiger partial charge in [0, 0.05) is 24.0 Å². The molecule has 0 saturated heterocycles. The van der Waals surface area contributed by atoms with Gasteiger partial charge in [-0.05, 0) is 36.2 Å². The summed E-state index contributed by atoms with van der Waals surface area (Å²) in [6.07, 6.45) is 3.37. The lowest BCUT2D eigenvalue weighted by Gasteiger charge is -2.21. The van der Waals surface area contributed by atoms with Gasteiger partial charge in [-0.15, -0.1) is 0 Å². The van der Waals surface area contributed by atoms with Crippen LogP contribution in [0.1, 0.15) is 24.2 Å². The highest BCUT2D eigenvalue weighted by Crippen LogP contribution is 2.30. The Labute approximate surface area is 186 Å². The first-order valence-corrected chi connectivity index (χ1v) is 10.2. The molecule has 1 aromatic carbocycles. The summed E-state index contributed by atoms with van der Waals surface area (Å²) in [4.78, 5) is 25.2. The number of aromatic nitrogens is 3. The van der Waals surface area contributed by atoms with Crippen LogP contribution in [0.4, 0.5) is 17.5 Å². The zero-order valence-electron chi connectivity index (χ0n) is 18.5. The molecule has 0 aliphatic carbocycles. The van der Waals surface area contributed by atoms with Gasteiger partial charge in [0.25, 0.3) is 0 Å². The summed E-state index contributed by atoms with van der Waals surface area (Å²) in [7, 11) is 2.87. The molecule has 0 saturated carbocycles. The average Bonchev–Trinajstić information content (AvgIpc) is 2.82. The summed E-state index contributed by atoms with van der Waals surface area (Å²) in [5.74, 6) is 1.08. The number of methoxy groups -OCH3 is 2. The second kappa shape index (κ2) is 10.5. The lowest BCUT2D eigenvalue weighted by molar-refractivity contribution is 0.0600. The van der Waals surface area contributed by atoms with Crippen molar-refractivity contribution in [2.24, 2.45) is 5.92 Å². The lowest BCUT2D eigenvalue weighted by atomic mass is 10.1. The van der Waals surface area contributed by atoms with Crippen molar-refractivity contribution in [2.45, 2.75) is 19.9 Å². The van der Waals surface area contributed by atoms with Gasteiger partial charge in [0.05, 0.1) is 43.8 Å². The molecule has 0 fully saturated rings. The van der Waals surface area contributed by atoms with Crippen molar-refractivity contribution < 1.29 is 19.4 Å². The van der Waals surface area contributed by atoms with E-state index in [2.05, 4.69) is 25.6 Å². The van der Waals surface area contributed by atoms with Crippen LogP contribution >= 0.6 is 0 Å². The fraction of sp³-hybridized carbons (Fsp3) is 0.304. The molecule has 0 aliphatic rings. The van der Waals surface area contributed by atoms with Crippen LogP contribution < -0.4 is 15.4 Å². The third kappa shape index (κ3) is 5.50. The van der Waals surface area contributed by atoms with E-state index in [1.165, 1.54) is 7.11 Å². The van der Waals surface area contributed by atoms with Gasteiger partial charge in [0.15, 0.2) is 0 Å². The van der Waals surface area contributed by atoms with Gasteiger partial charge < -0.3 is 25.2 Å². The van der Waals surface area contributed by atoms with Crippen molar-refractivity contribution in [3.8, 4) is 17.0 Å². The van der Waals surface area contributed by atoms with Crippen LogP contribution in [-0.4, -0.2) is 52.9 Å². The van der Waals surface area contributed by atoms with Crippen LogP contribution in [0.3, 0.4) is 0 Å². The first kappa shape index (κ1) is 23.0. The van der Waals surface area contributed by atoms with Crippen LogP contribution in [-0.2, 0) is 4.74 Å². The van der Waals surface area contributed by atoms with Crippen molar-refractivity contribution in [3.63, 3.8) is 0 Å². The minimum atomic E-state index is -0.457. The van der Waals surface area contributed by atoms with E-state index in [0.29, 0.717) is 34.5 Å². The molecule has 0 amide bonds. The number of aliphatic hydroxyl groups is 1. The SMILES string of the molecule is COC(=O)c1ccc(OC)c(Nc2cc(-c3ccncc3)nc(N[C@@H](CO)C(C)C)n2)c1. The van der Waals surface area contributed by atoms with Crippen molar-refractivity contribution in [1.29, 1.82) is 0 Å². The minimum absolute atomic E-state index is 0.0573. The topological polar surface area (TPSA) is 118 Å². The largest absolute Gasteiger partial charge is 0.495 e. The van der Waals surface area contributed by atoms with Crippen molar-refractivity contribution >= 4 is 23.4 Å². The molecule has 0 aliphatic heterocycles. The smallest absolute Gasteiger partial charge is 0.337 e. The van der Waals surface area contributed by atoms with E-state index in [9.17, 15) is 9.90 Å². The van der Waals surface area contributed by atoms with Gasteiger partial charge in [-0.25, -0.2) is 9.78 Å². The molecular weight excluding hydrogens is 410 g/mol.